The number of nitrogens with one attached hydrogen (secondary N) is 1. The molecule has 0 fully saturated rings. The van der Waals surface area contributed by atoms with Gasteiger partial charge in [-0.2, -0.15) is 0 Å². The van der Waals surface area contributed by atoms with Crippen LogP contribution >= 0.6 is 0 Å². The van der Waals surface area contributed by atoms with Crippen molar-refractivity contribution in [1.29, 1.82) is 0 Å². The predicted molar refractivity (Wildman–Crippen MR) is 56.0 cm³/mol. The highest BCUT2D eigenvalue weighted by Crippen LogP contribution is 2.06. The molecule has 0 bridgehead atoms. The molecule has 0 aromatic carbocycles. The molecule has 0 aliphatic carbocycles. The van der Waals surface area contributed by atoms with Gasteiger partial charge in [-0.05, 0) is 33.3 Å². The second kappa shape index (κ2) is 5.64. The largest absolute Gasteiger partial charge is 0.383 e. The fraction of sp³-hybridized carbons (Fsp3) is 0.455. The first-order valence-corrected chi connectivity index (χ1v) is 4.36. The molecule has 1 nitrogen and oxygen atoms in total. The summed E-state index contributed by atoms with van der Waals surface area (Å²) in [6.07, 6.45) is 6.12. The Bertz CT molecular complexity index is 197. The van der Waals surface area contributed by atoms with Crippen LogP contribution in [0.15, 0.2) is 36.1 Å². The first kappa shape index (κ1) is 11.0. The van der Waals surface area contributed by atoms with Gasteiger partial charge in [0.15, 0.2) is 0 Å². The van der Waals surface area contributed by atoms with E-state index in [0.29, 0.717) is 6.04 Å². The molecule has 0 atom stereocenters. The summed E-state index contributed by atoms with van der Waals surface area (Å²) in [7, 11) is 0. The van der Waals surface area contributed by atoms with Crippen molar-refractivity contribution in [3.05, 3.63) is 36.1 Å². The van der Waals surface area contributed by atoms with Gasteiger partial charge in [0.05, 0.1) is 0 Å². The lowest BCUT2D eigenvalue weighted by Crippen LogP contribution is -2.21. The van der Waals surface area contributed by atoms with Crippen LogP contribution in [-0.2, 0) is 0 Å². The summed E-state index contributed by atoms with van der Waals surface area (Å²) in [5.74, 6) is 0. The molecule has 12 heavy (non-hydrogen) atoms. The molecule has 0 amide bonds. The molecular weight excluding hydrogens is 146 g/mol. The van der Waals surface area contributed by atoms with Crippen LogP contribution in [0.2, 0.25) is 0 Å². The molecule has 0 radical (unpaired) electrons. The molecule has 0 aliphatic heterocycles. The molecule has 0 saturated carbocycles. The highest BCUT2D eigenvalue weighted by Gasteiger charge is 1.98. The lowest BCUT2D eigenvalue weighted by Gasteiger charge is -2.13. The van der Waals surface area contributed by atoms with E-state index in [9.17, 15) is 0 Å². The maximum atomic E-state index is 3.95. The van der Waals surface area contributed by atoms with Gasteiger partial charge in [-0.3, -0.25) is 0 Å². The minimum Gasteiger partial charge on any atom is -0.383 e. The number of rotatable bonds is 4. The molecule has 0 aromatic rings. The number of hydrogen-bond donors (Lipinski definition) is 1. The summed E-state index contributed by atoms with van der Waals surface area (Å²) >= 11 is 0. The Morgan fingerprint density at radius 2 is 1.92 bits per heavy atom. The minimum absolute atomic E-state index is 0.442. The molecule has 0 spiro atoms. The Morgan fingerprint density at radius 1 is 1.33 bits per heavy atom. The van der Waals surface area contributed by atoms with Crippen molar-refractivity contribution >= 4 is 0 Å². The van der Waals surface area contributed by atoms with E-state index in [1.807, 2.05) is 19.9 Å². The molecule has 0 unspecified atom stereocenters. The van der Waals surface area contributed by atoms with Crippen LogP contribution in [0.1, 0.15) is 27.7 Å². The van der Waals surface area contributed by atoms with Crippen LogP contribution in [0.5, 0.6) is 0 Å². The van der Waals surface area contributed by atoms with E-state index in [-0.39, 0.29) is 0 Å². The van der Waals surface area contributed by atoms with Crippen LogP contribution in [0.4, 0.5) is 0 Å². The van der Waals surface area contributed by atoms with Crippen LogP contribution in [0, 0.1) is 0 Å². The van der Waals surface area contributed by atoms with Gasteiger partial charge < -0.3 is 5.32 Å². The highest BCUT2D eigenvalue weighted by molar-refractivity contribution is 5.36. The van der Waals surface area contributed by atoms with Gasteiger partial charge in [0.1, 0.15) is 0 Å². The van der Waals surface area contributed by atoms with E-state index in [4.69, 9.17) is 0 Å². The van der Waals surface area contributed by atoms with Gasteiger partial charge in [0, 0.05) is 11.7 Å². The normalized spacial score (nSPS) is 12.6. The van der Waals surface area contributed by atoms with Crippen LogP contribution in [-0.4, -0.2) is 6.04 Å². The van der Waals surface area contributed by atoms with E-state index in [2.05, 4.69) is 37.9 Å². The zero-order valence-corrected chi connectivity index (χ0v) is 8.52. The molecule has 0 rings (SSSR count). The van der Waals surface area contributed by atoms with Crippen LogP contribution in [0.25, 0.3) is 0 Å². The first-order valence-electron chi connectivity index (χ1n) is 4.36. The van der Waals surface area contributed by atoms with Crippen LogP contribution in [0.3, 0.4) is 0 Å². The zero-order chi connectivity index (χ0) is 9.56. The van der Waals surface area contributed by atoms with E-state index < -0.39 is 0 Å². The minimum atomic E-state index is 0.442. The Kier molecular flexibility index (Phi) is 5.18. The maximum Gasteiger partial charge on any atom is 0.0339 e. The molecule has 0 aliphatic rings. The zero-order valence-electron chi connectivity index (χ0n) is 8.52. The molecule has 0 saturated heterocycles. The van der Waals surface area contributed by atoms with Gasteiger partial charge in [-0.1, -0.05) is 24.8 Å². The second-order valence-corrected chi connectivity index (χ2v) is 3.02. The van der Waals surface area contributed by atoms with Crippen molar-refractivity contribution in [2.75, 3.05) is 0 Å². The SMILES string of the molecule is C=C(NC(C)C)C(/C=C\C)=C/C. The summed E-state index contributed by atoms with van der Waals surface area (Å²) in [6, 6.07) is 0.442. The summed E-state index contributed by atoms with van der Waals surface area (Å²) in [5, 5.41) is 3.26. The topological polar surface area (TPSA) is 12.0 Å². The Balaban J connectivity index is 4.24. The quantitative estimate of drug-likeness (QED) is 0.631. The van der Waals surface area contributed by atoms with Crippen molar-refractivity contribution in [2.24, 2.45) is 0 Å². The number of hydrogen-bond acceptors (Lipinski definition) is 1. The van der Waals surface area contributed by atoms with Gasteiger partial charge in [0.2, 0.25) is 0 Å². The monoisotopic (exact) mass is 165 g/mol. The van der Waals surface area contributed by atoms with E-state index in [1.54, 1.807) is 0 Å². The molecule has 0 aromatic heterocycles. The Morgan fingerprint density at radius 3 is 2.25 bits per heavy atom. The molecule has 0 heterocycles. The van der Waals surface area contributed by atoms with Crippen molar-refractivity contribution in [1.82, 2.24) is 5.32 Å². The van der Waals surface area contributed by atoms with E-state index in [0.717, 1.165) is 11.3 Å². The van der Waals surface area contributed by atoms with Crippen LogP contribution < -0.4 is 5.32 Å². The van der Waals surface area contributed by atoms with Crippen molar-refractivity contribution in [3.63, 3.8) is 0 Å². The second-order valence-electron chi connectivity index (χ2n) is 3.02. The predicted octanol–water partition coefficient (Wildman–Crippen LogP) is 3.02. The lowest BCUT2D eigenvalue weighted by molar-refractivity contribution is 0.678. The maximum absolute atomic E-state index is 3.95. The Labute approximate surface area is 75.9 Å². The van der Waals surface area contributed by atoms with Gasteiger partial charge in [-0.25, -0.2) is 0 Å². The van der Waals surface area contributed by atoms with E-state index >= 15 is 0 Å². The van der Waals surface area contributed by atoms with Gasteiger partial charge in [0.25, 0.3) is 0 Å². The standard InChI is InChI=1S/C11H19N/c1-6-8-11(7-2)10(5)12-9(3)4/h6-9,12H,5H2,1-4H3/b8-6-,11-7+. The number of allylic oxidation sites excluding steroid dienone is 3. The smallest absolute Gasteiger partial charge is 0.0339 e. The Hall–Kier alpha value is -0.980. The van der Waals surface area contributed by atoms with Gasteiger partial charge >= 0.3 is 0 Å². The van der Waals surface area contributed by atoms with Gasteiger partial charge in [-0.15, -0.1) is 0 Å². The van der Waals surface area contributed by atoms with Crippen molar-refractivity contribution < 1.29 is 0 Å². The summed E-state index contributed by atoms with van der Waals surface area (Å²) in [6.45, 7) is 12.2. The third-order valence-corrected chi connectivity index (χ3v) is 1.47. The van der Waals surface area contributed by atoms with Crippen molar-refractivity contribution in [2.45, 2.75) is 33.7 Å². The fourth-order valence-corrected chi connectivity index (χ4v) is 0.982. The van der Waals surface area contributed by atoms with Crippen molar-refractivity contribution in [3.8, 4) is 0 Å². The molecule has 1 N–H and O–H groups in total. The average molecular weight is 165 g/mol. The third-order valence-electron chi connectivity index (χ3n) is 1.47. The summed E-state index contributed by atoms with van der Waals surface area (Å²) < 4.78 is 0. The lowest BCUT2D eigenvalue weighted by atomic mass is 10.1. The average Bonchev–Trinajstić information content (AvgIpc) is 1.98. The third kappa shape index (κ3) is 4.02. The first-order chi connectivity index (χ1) is 5.61. The fourth-order valence-electron chi connectivity index (χ4n) is 0.982. The highest BCUT2D eigenvalue weighted by atomic mass is 14.9. The van der Waals surface area contributed by atoms with E-state index in [1.165, 1.54) is 0 Å². The molecule has 1 heteroatoms. The summed E-state index contributed by atoms with van der Waals surface area (Å²) in [4.78, 5) is 0. The molecule has 68 valence electrons. The summed E-state index contributed by atoms with van der Waals surface area (Å²) in [5.41, 5.74) is 2.15. The molecular formula is C11H19N.